The van der Waals surface area contributed by atoms with E-state index in [1.54, 1.807) is 7.11 Å². The molecule has 0 saturated heterocycles. The van der Waals surface area contributed by atoms with Crippen LogP contribution in [0.15, 0.2) is 0 Å². The van der Waals surface area contributed by atoms with Crippen LogP contribution in [0.5, 0.6) is 0 Å². The molecule has 0 aliphatic heterocycles. The van der Waals surface area contributed by atoms with Crippen molar-refractivity contribution in [3.63, 3.8) is 0 Å². The van der Waals surface area contributed by atoms with E-state index in [-0.39, 0.29) is 0 Å². The van der Waals surface area contributed by atoms with Crippen LogP contribution < -0.4 is 5.48 Å². The Kier molecular flexibility index (Phi) is 24.0. The largest absolute Gasteiger partial charge is 0.305 e. The van der Waals surface area contributed by atoms with Crippen LogP contribution in [0.3, 0.4) is 0 Å². The van der Waals surface area contributed by atoms with Gasteiger partial charge in [-0.3, -0.25) is 0 Å². The summed E-state index contributed by atoms with van der Waals surface area (Å²) in [6, 6.07) is 0. The Morgan fingerprint density at radius 2 is 2.00 bits per heavy atom. The van der Waals surface area contributed by atoms with Gasteiger partial charge in [-0.15, -0.1) is 9.24 Å². The molecule has 0 heterocycles. The molecule has 3 heteroatoms. The summed E-state index contributed by atoms with van der Waals surface area (Å²) < 4.78 is 0. The third-order valence-electron chi connectivity index (χ3n) is 0.289. The van der Waals surface area contributed by atoms with E-state index in [0.717, 1.165) is 6.54 Å². The van der Waals surface area contributed by atoms with E-state index in [2.05, 4.69) is 19.6 Å². The zero-order valence-electron chi connectivity index (χ0n) is 5.19. The minimum Gasteiger partial charge on any atom is -0.305 e. The molecule has 0 aromatic heterocycles. The van der Waals surface area contributed by atoms with Crippen LogP contribution in [0.25, 0.3) is 0 Å². The maximum absolute atomic E-state index is 4.44. The molecule has 1 unspecified atom stereocenters. The Bertz CT molecular complexity index is 19.2. The first-order valence-electron chi connectivity index (χ1n) is 2.25. The molecule has 0 bridgehead atoms. The number of hydroxylamine groups is 1. The number of rotatable bonds is 2. The molecule has 0 amide bonds. The smallest absolute Gasteiger partial charge is 0.0572 e. The van der Waals surface area contributed by atoms with E-state index in [4.69, 9.17) is 0 Å². The van der Waals surface area contributed by atoms with E-state index < -0.39 is 0 Å². The highest BCUT2D eigenvalue weighted by molar-refractivity contribution is 7.15. The Hall–Kier alpha value is 0.350. The first-order valence-corrected chi connectivity index (χ1v) is 3.41. The molecule has 7 heavy (non-hydrogen) atoms. The Morgan fingerprint density at radius 3 is 2.00 bits per heavy atom. The lowest BCUT2D eigenvalue weighted by Crippen LogP contribution is -2.08. The third kappa shape index (κ3) is 21.8. The predicted molar refractivity (Wildman–Crippen MR) is 36.3 cm³/mol. The highest BCUT2D eigenvalue weighted by Gasteiger charge is 1.61. The standard InChI is InChI=1S/C3H9NO.CH5P/c1-3-4-5-2;1-2/h4H,3H2,1-2H3;2H2,1H3. The quantitative estimate of drug-likeness (QED) is 0.430. The van der Waals surface area contributed by atoms with Crippen molar-refractivity contribution in [2.45, 2.75) is 6.92 Å². The molecule has 0 saturated carbocycles. The Morgan fingerprint density at radius 1 is 1.57 bits per heavy atom. The summed E-state index contributed by atoms with van der Waals surface area (Å²) in [5.41, 5.74) is 2.61. The van der Waals surface area contributed by atoms with Crippen LogP contribution in [0.1, 0.15) is 6.92 Å². The van der Waals surface area contributed by atoms with Crippen molar-refractivity contribution in [2.75, 3.05) is 20.3 Å². The van der Waals surface area contributed by atoms with Crippen molar-refractivity contribution in [1.82, 2.24) is 5.48 Å². The van der Waals surface area contributed by atoms with Crippen LogP contribution in [0, 0.1) is 0 Å². The fraction of sp³-hybridized carbons (Fsp3) is 1.00. The fourth-order valence-electron chi connectivity index (χ4n) is 0.144. The molecule has 1 atom stereocenters. The predicted octanol–water partition coefficient (Wildman–Crippen LogP) is 0.649. The number of hydrogen-bond acceptors (Lipinski definition) is 2. The zero-order valence-corrected chi connectivity index (χ0v) is 6.35. The first kappa shape index (κ1) is 10.4. The number of nitrogens with one attached hydrogen (secondary N) is 1. The van der Waals surface area contributed by atoms with Crippen molar-refractivity contribution >= 4 is 9.24 Å². The minimum absolute atomic E-state index is 0.872. The van der Waals surface area contributed by atoms with Crippen molar-refractivity contribution in [2.24, 2.45) is 0 Å². The van der Waals surface area contributed by atoms with Gasteiger partial charge in [0.25, 0.3) is 0 Å². The zero-order chi connectivity index (χ0) is 6.12. The molecule has 46 valence electrons. The van der Waals surface area contributed by atoms with Gasteiger partial charge in [-0.1, -0.05) is 13.6 Å². The summed E-state index contributed by atoms with van der Waals surface area (Å²) in [5, 5.41) is 0. The van der Waals surface area contributed by atoms with Gasteiger partial charge in [0.2, 0.25) is 0 Å². The van der Waals surface area contributed by atoms with Gasteiger partial charge in [0, 0.05) is 6.54 Å². The van der Waals surface area contributed by atoms with Gasteiger partial charge < -0.3 is 4.84 Å². The van der Waals surface area contributed by atoms with Gasteiger partial charge in [0.15, 0.2) is 0 Å². The summed E-state index contributed by atoms with van der Waals surface area (Å²) in [4.78, 5) is 4.44. The summed E-state index contributed by atoms with van der Waals surface area (Å²) in [5.74, 6) is 0. The minimum atomic E-state index is 0.872. The molecule has 1 N–H and O–H groups in total. The topological polar surface area (TPSA) is 21.3 Å². The second-order valence-corrected chi connectivity index (χ2v) is 0.702. The average Bonchev–Trinajstić information content (AvgIpc) is 1.75. The molecule has 0 spiro atoms. The molecule has 0 aliphatic rings. The molecular formula is C4H14NOP. The molecule has 0 radical (unpaired) electrons. The third-order valence-corrected chi connectivity index (χ3v) is 0.289. The van der Waals surface area contributed by atoms with Crippen molar-refractivity contribution in [3.05, 3.63) is 0 Å². The summed E-state index contributed by atoms with van der Waals surface area (Å²) in [6.45, 7) is 4.76. The van der Waals surface area contributed by atoms with Crippen LogP contribution in [0.4, 0.5) is 0 Å². The summed E-state index contributed by atoms with van der Waals surface area (Å²) >= 11 is 0. The van der Waals surface area contributed by atoms with E-state index in [0.29, 0.717) is 0 Å². The van der Waals surface area contributed by atoms with Gasteiger partial charge in [-0.25, -0.2) is 5.48 Å². The average molecular weight is 123 g/mol. The van der Waals surface area contributed by atoms with Crippen LogP contribution in [0.2, 0.25) is 0 Å². The lowest BCUT2D eigenvalue weighted by molar-refractivity contribution is 0.0962. The SMILES string of the molecule is CCNOC.CP. The second kappa shape index (κ2) is 16.2. The molecule has 0 aliphatic carbocycles. The Balaban J connectivity index is 0. The van der Waals surface area contributed by atoms with Crippen molar-refractivity contribution in [3.8, 4) is 0 Å². The second-order valence-electron chi connectivity index (χ2n) is 0.702. The van der Waals surface area contributed by atoms with Crippen molar-refractivity contribution < 1.29 is 4.84 Å². The van der Waals surface area contributed by atoms with E-state index in [9.17, 15) is 0 Å². The molecule has 0 fully saturated rings. The van der Waals surface area contributed by atoms with Gasteiger partial charge in [-0.05, 0) is 0 Å². The lowest BCUT2D eigenvalue weighted by Gasteiger charge is -1.88. The van der Waals surface area contributed by atoms with Crippen LogP contribution in [-0.2, 0) is 4.84 Å². The van der Waals surface area contributed by atoms with Gasteiger partial charge >= 0.3 is 0 Å². The number of hydrogen-bond donors (Lipinski definition) is 1. The van der Waals surface area contributed by atoms with Gasteiger partial charge in [0.05, 0.1) is 7.11 Å². The molecule has 0 aromatic rings. The molecule has 0 rings (SSSR count). The molecule has 2 nitrogen and oxygen atoms in total. The maximum Gasteiger partial charge on any atom is 0.0572 e. The van der Waals surface area contributed by atoms with E-state index in [1.807, 2.05) is 13.6 Å². The maximum atomic E-state index is 4.44. The van der Waals surface area contributed by atoms with Crippen LogP contribution >= 0.6 is 9.24 Å². The first-order chi connectivity index (χ1) is 3.41. The van der Waals surface area contributed by atoms with Gasteiger partial charge in [-0.2, -0.15) is 0 Å². The Labute approximate surface area is 47.8 Å². The lowest BCUT2D eigenvalue weighted by atomic mass is 10.8. The molecular weight excluding hydrogens is 109 g/mol. The van der Waals surface area contributed by atoms with Crippen molar-refractivity contribution in [1.29, 1.82) is 0 Å². The highest BCUT2D eigenvalue weighted by Crippen LogP contribution is 1.47. The van der Waals surface area contributed by atoms with E-state index in [1.165, 1.54) is 0 Å². The fourth-order valence-corrected chi connectivity index (χ4v) is 0.144. The normalized spacial score (nSPS) is 6.86. The van der Waals surface area contributed by atoms with E-state index >= 15 is 0 Å². The summed E-state index contributed by atoms with van der Waals surface area (Å²) in [6.07, 6.45) is 0. The van der Waals surface area contributed by atoms with Gasteiger partial charge in [0.1, 0.15) is 0 Å². The van der Waals surface area contributed by atoms with Crippen LogP contribution in [-0.4, -0.2) is 20.3 Å². The highest BCUT2D eigenvalue weighted by atomic mass is 31.0. The molecule has 0 aromatic carbocycles. The summed E-state index contributed by atoms with van der Waals surface area (Å²) in [7, 11) is 4.02. The monoisotopic (exact) mass is 123 g/mol.